The van der Waals surface area contributed by atoms with Crippen molar-refractivity contribution in [3.8, 4) is 0 Å². The van der Waals surface area contributed by atoms with Crippen molar-refractivity contribution in [1.29, 1.82) is 0 Å². The first-order valence-electron chi connectivity index (χ1n) is 11.4. The average Bonchev–Trinajstić information content (AvgIpc) is 3.46. The van der Waals surface area contributed by atoms with E-state index < -0.39 is 5.60 Å². The summed E-state index contributed by atoms with van der Waals surface area (Å²) in [5, 5.41) is 4.11. The van der Waals surface area contributed by atoms with Gasteiger partial charge < -0.3 is 19.1 Å². The molecular formula is C22H34N4O4. The van der Waals surface area contributed by atoms with Gasteiger partial charge in [0.1, 0.15) is 5.60 Å². The highest BCUT2D eigenvalue weighted by molar-refractivity contribution is 5.80. The Morgan fingerprint density at radius 1 is 1.07 bits per heavy atom. The van der Waals surface area contributed by atoms with Crippen molar-refractivity contribution >= 4 is 12.0 Å². The van der Waals surface area contributed by atoms with Gasteiger partial charge in [0, 0.05) is 38.5 Å². The fourth-order valence-corrected chi connectivity index (χ4v) is 4.47. The number of ether oxygens (including phenoxy) is 1. The topological polar surface area (TPSA) is 88.8 Å². The molecule has 1 aromatic heterocycles. The molecule has 0 radical (unpaired) electrons. The molecule has 2 aliphatic heterocycles. The van der Waals surface area contributed by atoms with Crippen LogP contribution in [0.3, 0.4) is 0 Å². The Kier molecular flexibility index (Phi) is 6.02. The molecule has 1 aromatic rings. The number of likely N-dealkylation sites (tertiary alicyclic amines) is 2. The first-order valence-corrected chi connectivity index (χ1v) is 11.4. The summed E-state index contributed by atoms with van der Waals surface area (Å²) >= 11 is 0. The van der Waals surface area contributed by atoms with E-state index in [1.54, 1.807) is 4.90 Å². The molecule has 0 spiro atoms. The molecule has 3 aliphatic rings. The number of rotatable bonds is 4. The molecule has 2 amide bonds. The second kappa shape index (κ2) is 8.55. The van der Waals surface area contributed by atoms with E-state index in [-0.39, 0.29) is 17.9 Å². The van der Waals surface area contributed by atoms with Crippen molar-refractivity contribution in [3.63, 3.8) is 0 Å². The van der Waals surface area contributed by atoms with Crippen LogP contribution in [-0.2, 0) is 16.0 Å². The van der Waals surface area contributed by atoms with Crippen LogP contribution in [-0.4, -0.2) is 63.7 Å². The number of nitrogens with zero attached hydrogens (tertiary/aromatic N) is 4. The highest BCUT2D eigenvalue weighted by Gasteiger charge is 2.35. The molecule has 4 rings (SSSR count). The van der Waals surface area contributed by atoms with Crippen LogP contribution in [0.5, 0.6) is 0 Å². The van der Waals surface area contributed by atoms with Crippen molar-refractivity contribution in [1.82, 2.24) is 19.9 Å². The van der Waals surface area contributed by atoms with Crippen molar-refractivity contribution in [2.75, 3.05) is 26.2 Å². The number of carbonyl (C=O) groups excluding carboxylic acids is 2. The van der Waals surface area contributed by atoms with Crippen molar-refractivity contribution < 1.29 is 18.8 Å². The van der Waals surface area contributed by atoms with Gasteiger partial charge in [0.25, 0.3) is 0 Å². The van der Waals surface area contributed by atoms with Crippen LogP contribution in [0.1, 0.15) is 76.9 Å². The highest BCUT2D eigenvalue weighted by atomic mass is 16.6. The second-order valence-corrected chi connectivity index (χ2v) is 10.1. The zero-order valence-electron chi connectivity index (χ0n) is 18.4. The number of hydrogen-bond donors (Lipinski definition) is 0. The quantitative estimate of drug-likeness (QED) is 0.745. The Morgan fingerprint density at radius 3 is 2.53 bits per heavy atom. The maximum absolute atomic E-state index is 13.2. The zero-order valence-corrected chi connectivity index (χ0v) is 18.4. The van der Waals surface area contributed by atoms with Crippen LogP contribution in [0.2, 0.25) is 0 Å². The number of hydrogen-bond acceptors (Lipinski definition) is 6. The lowest BCUT2D eigenvalue weighted by atomic mass is 9.91. The molecule has 8 nitrogen and oxygen atoms in total. The predicted molar refractivity (Wildman–Crippen MR) is 110 cm³/mol. The number of aromatic nitrogens is 2. The molecule has 166 valence electrons. The molecule has 0 bridgehead atoms. The lowest BCUT2D eigenvalue weighted by Gasteiger charge is -2.38. The molecule has 1 aliphatic carbocycles. The molecular weight excluding hydrogens is 384 g/mol. The van der Waals surface area contributed by atoms with Crippen molar-refractivity contribution in [2.45, 2.75) is 77.2 Å². The molecule has 3 heterocycles. The second-order valence-electron chi connectivity index (χ2n) is 10.1. The molecule has 2 saturated heterocycles. The van der Waals surface area contributed by atoms with Crippen LogP contribution >= 0.6 is 0 Å². The van der Waals surface area contributed by atoms with Crippen LogP contribution in [0, 0.1) is 11.8 Å². The largest absolute Gasteiger partial charge is 0.444 e. The van der Waals surface area contributed by atoms with E-state index in [4.69, 9.17) is 9.26 Å². The number of amides is 2. The third-order valence-corrected chi connectivity index (χ3v) is 6.14. The van der Waals surface area contributed by atoms with Crippen molar-refractivity contribution in [2.24, 2.45) is 11.8 Å². The summed E-state index contributed by atoms with van der Waals surface area (Å²) in [5.41, 5.74) is -0.526. The molecule has 8 heteroatoms. The van der Waals surface area contributed by atoms with Gasteiger partial charge in [-0.3, -0.25) is 4.79 Å². The van der Waals surface area contributed by atoms with Gasteiger partial charge in [-0.25, -0.2) is 4.79 Å². The van der Waals surface area contributed by atoms with Gasteiger partial charge in [-0.1, -0.05) is 5.16 Å². The first-order chi connectivity index (χ1) is 14.3. The van der Waals surface area contributed by atoms with Gasteiger partial charge >= 0.3 is 6.09 Å². The van der Waals surface area contributed by atoms with E-state index in [0.717, 1.165) is 63.9 Å². The fraction of sp³-hybridized carbons (Fsp3) is 0.818. The monoisotopic (exact) mass is 418 g/mol. The van der Waals surface area contributed by atoms with Gasteiger partial charge in [-0.15, -0.1) is 0 Å². The predicted octanol–water partition coefficient (Wildman–Crippen LogP) is 3.38. The minimum atomic E-state index is -0.526. The lowest BCUT2D eigenvalue weighted by molar-refractivity contribution is -0.139. The Labute approximate surface area is 178 Å². The molecule has 1 saturated carbocycles. The molecule has 0 N–H and O–H groups in total. The summed E-state index contributed by atoms with van der Waals surface area (Å²) in [7, 11) is 0. The molecule has 2 unspecified atom stereocenters. The summed E-state index contributed by atoms with van der Waals surface area (Å²) in [6, 6.07) is 0. The van der Waals surface area contributed by atoms with Crippen LogP contribution < -0.4 is 0 Å². The van der Waals surface area contributed by atoms with Crippen molar-refractivity contribution in [3.05, 3.63) is 11.7 Å². The van der Waals surface area contributed by atoms with E-state index in [1.165, 1.54) is 0 Å². The smallest absolute Gasteiger partial charge is 0.410 e. The van der Waals surface area contributed by atoms with E-state index in [1.807, 2.05) is 25.7 Å². The van der Waals surface area contributed by atoms with Crippen LogP contribution in [0.15, 0.2) is 4.52 Å². The van der Waals surface area contributed by atoms with Gasteiger partial charge in [0.05, 0.1) is 5.92 Å². The van der Waals surface area contributed by atoms with Gasteiger partial charge in [-0.2, -0.15) is 4.98 Å². The van der Waals surface area contributed by atoms with Gasteiger partial charge in [0.2, 0.25) is 11.8 Å². The molecule has 30 heavy (non-hydrogen) atoms. The minimum Gasteiger partial charge on any atom is -0.444 e. The Morgan fingerprint density at radius 2 is 1.80 bits per heavy atom. The Bertz CT molecular complexity index is 767. The van der Waals surface area contributed by atoms with E-state index >= 15 is 0 Å². The lowest BCUT2D eigenvalue weighted by Crippen LogP contribution is -2.50. The van der Waals surface area contributed by atoms with Crippen LogP contribution in [0.25, 0.3) is 0 Å². The third kappa shape index (κ3) is 5.32. The van der Waals surface area contributed by atoms with Gasteiger partial charge in [-0.05, 0) is 65.2 Å². The summed E-state index contributed by atoms with van der Waals surface area (Å²) < 4.78 is 10.9. The maximum atomic E-state index is 13.2. The Balaban J connectivity index is 1.31. The maximum Gasteiger partial charge on any atom is 0.410 e. The van der Waals surface area contributed by atoms with E-state index in [9.17, 15) is 9.59 Å². The molecule has 0 aromatic carbocycles. The summed E-state index contributed by atoms with van der Waals surface area (Å²) in [5.74, 6) is 2.40. The molecule has 3 fully saturated rings. The third-order valence-electron chi connectivity index (χ3n) is 6.14. The summed E-state index contributed by atoms with van der Waals surface area (Å²) in [6.45, 7) is 8.20. The SMILES string of the molecule is CC(C)(C)OC(=O)N1CCCC(C(=O)N2CCCC(Cc3nc(C4CC4)no3)C2)C1. The average molecular weight is 419 g/mol. The van der Waals surface area contributed by atoms with Crippen LogP contribution in [0.4, 0.5) is 4.79 Å². The highest BCUT2D eigenvalue weighted by Crippen LogP contribution is 2.38. The summed E-state index contributed by atoms with van der Waals surface area (Å²) in [4.78, 5) is 33.8. The number of piperidine rings is 2. The zero-order chi connectivity index (χ0) is 21.3. The van der Waals surface area contributed by atoms with E-state index in [2.05, 4.69) is 10.1 Å². The Hall–Kier alpha value is -2.12. The standard InChI is InChI=1S/C22H34N4O4/c1-22(2,3)29-21(28)26-11-5-7-17(14-26)20(27)25-10-4-6-15(13-25)12-18-23-19(24-30-18)16-8-9-16/h15-17H,4-14H2,1-3H3. The first kappa shape index (κ1) is 21.1. The molecule has 2 atom stereocenters. The minimum absolute atomic E-state index is 0.144. The fourth-order valence-electron chi connectivity index (χ4n) is 4.47. The van der Waals surface area contributed by atoms with Gasteiger partial charge in [0.15, 0.2) is 5.82 Å². The normalized spacial score (nSPS) is 25.3. The number of carbonyl (C=O) groups is 2. The summed E-state index contributed by atoms with van der Waals surface area (Å²) in [6.07, 6.45) is 6.45. The van der Waals surface area contributed by atoms with E-state index in [0.29, 0.717) is 30.8 Å².